The van der Waals surface area contributed by atoms with Crippen molar-refractivity contribution in [1.82, 2.24) is 9.55 Å². The molecular weight excluding hydrogens is 318 g/mol. The number of rotatable bonds is 8. The molecule has 0 aromatic carbocycles. The summed E-state index contributed by atoms with van der Waals surface area (Å²) in [6.07, 6.45) is 2.85. The minimum absolute atomic E-state index is 0.190. The predicted molar refractivity (Wildman–Crippen MR) is 87.2 cm³/mol. The number of nitrogens with two attached hydrogens (primary N) is 1. The molecular formula is C14H23N3O5Si. The Labute approximate surface area is 135 Å². The Morgan fingerprint density at radius 2 is 1.83 bits per heavy atom. The molecule has 1 rings (SSSR count). The molecule has 23 heavy (non-hydrogen) atoms. The van der Waals surface area contributed by atoms with E-state index in [0.717, 1.165) is 6.04 Å². The van der Waals surface area contributed by atoms with Crippen LogP contribution < -0.4 is 11.4 Å². The van der Waals surface area contributed by atoms with Gasteiger partial charge in [-0.1, -0.05) is 6.55 Å². The van der Waals surface area contributed by atoms with E-state index in [2.05, 4.69) is 4.98 Å². The van der Waals surface area contributed by atoms with E-state index in [4.69, 9.17) is 15.2 Å². The first kappa shape index (κ1) is 18.9. The van der Waals surface area contributed by atoms with Gasteiger partial charge in [0, 0.05) is 26.6 Å². The van der Waals surface area contributed by atoms with E-state index in [1.165, 1.54) is 18.4 Å². The monoisotopic (exact) mass is 341 g/mol. The zero-order valence-corrected chi connectivity index (χ0v) is 14.7. The molecule has 0 amide bonds. The molecule has 9 heteroatoms. The number of carbonyl (C=O) groups is 2. The highest BCUT2D eigenvalue weighted by atomic mass is 28.3. The quantitative estimate of drug-likeness (QED) is 0.541. The molecule has 0 aliphatic heterocycles. The van der Waals surface area contributed by atoms with E-state index in [-0.39, 0.29) is 30.2 Å². The van der Waals surface area contributed by atoms with Crippen molar-refractivity contribution in [3.05, 3.63) is 22.7 Å². The first-order chi connectivity index (χ1) is 10.7. The van der Waals surface area contributed by atoms with Crippen molar-refractivity contribution < 1.29 is 19.1 Å². The number of ether oxygens (including phenoxy) is 2. The normalized spacial score (nSPS) is 11.1. The zero-order valence-electron chi connectivity index (χ0n) is 13.7. The third kappa shape index (κ3) is 7.09. The van der Waals surface area contributed by atoms with Gasteiger partial charge in [-0.3, -0.25) is 14.2 Å². The second-order valence-corrected chi connectivity index (χ2v) is 10.5. The van der Waals surface area contributed by atoms with Crippen LogP contribution in [0.25, 0.3) is 0 Å². The van der Waals surface area contributed by atoms with Gasteiger partial charge in [0.05, 0.1) is 12.5 Å². The highest BCUT2D eigenvalue weighted by molar-refractivity contribution is 6.78. The van der Waals surface area contributed by atoms with E-state index >= 15 is 0 Å². The average molecular weight is 341 g/mol. The topological polar surface area (TPSA) is 114 Å². The number of nitrogen functional groups attached to an aromatic ring is 1. The third-order valence-corrected chi connectivity index (χ3v) is 6.57. The highest BCUT2D eigenvalue weighted by Crippen LogP contribution is 2.15. The fourth-order valence-electron chi connectivity index (χ4n) is 2.03. The zero-order chi connectivity index (χ0) is 17.5. The lowest BCUT2D eigenvalue weighted by atomic mass is 10.4. The molecule has 0 unspecified atom stereocenters. The number of carbonyl (C=O) groups excluding carboxylic acids is 2. The Balaban J connectivity index is 2.63. The van der Waals surface area contributed by atoms with Crippen LogP contribution in [0.2, 0.25) is 12.6 Å². The summed E-state index contributed by atoms with van der Waals surface area (Å²) in [5.41, 5.74) is 5.05. The van der Waals surface area contributed by atoms with Crippen molar-refractivity contribution in [3.8, 4) is 0 Å². The maximum Gasteiger partial charge on any atom is 0.349 e. The van der Waals surface area contributed by atoms with Crippen molar-refractivity contribution in [2.45, 2.75) is 39.4 Å². The van der Waals surface area contributed by atoms with Gasteiger partial charge in [0.25, 0.3) is 0 Å². The van der Waals surface area contributed by atoms with Crippen LogP contribution in [0.15, 0.2) is 17.1 Å². The van der Waals surface area contributed by atoms with Gasteiger partial charge in [-0.2, -0.15) is 4.98 Å². The lowest BCUT2D eigenvalue weighted by molar-refractivity contribution is -0.139. The number of esters is 2. The first-order valence-corrected chi connectivity index (χ1v) is 10.4. The number of anilines is 1. The lowest BCUT2D eigenvalue weighted by Crippen LogP contribution is -2.44. The molecule has 0 radical (unpaired) electrons. The van der Waals surface area contributed by atoms with Gasteiger partial charge >= 0.3 is 17.6 Å². The summed E-state index contributed by atoms with van der Waals surface area (Å²) >= 11 is 0. The number of nitrogens with zero attached hydrogens (tertiary/aromatic N) is 2. The van der Waals surface area contributed by atoms with Gasteiger partial charge in [-0.05, 0) is 18.5 Å². The van der Waals surface area contributed by atoms with Crippen LogP contribution in [0.3, 0.4) is 0 Å². The van der Waals surface area contributed by atoms with Crippen LogP contribution >= 0.6 is 0 Å². The van der Waals surface area contributed by atoms with Crippen molar-refractivity contribution in [1.29, 1.82) is 0 Å². The van der Waals surface area contributed by atoms with Gasteiger partial charge < -0.3 is 15.2 Å². The highest BCUT2D eigenvalue weighted by Gasteiger charge is 2.30. The SMILES string of the molecule is CC(=O)OC[Si](C)(CCCn1ccc(N)nc1=O)COC(C)=O. The summed E-state index contributed by atoms with van der Waals surface area (Å²) in [5.74, 6) is -0.522. The molecule has 1 heterocycles. The maximum atomic E-state index is 11.7. The standard InChI is InChI=1S/C14H23N3O5Si/c1-11(18)21-9-23(3,10-22-12(2)19)8-4-6-17-7-5-13(15)16-14(17)20/h5,7H,4,6,8-10H2,1-3H3,(H2,15,16,20). The smallest absolute Gasteiger partial charge is 0.349 e. The summed E-state index contributed by atoms with van der Waals surface area (Å²) < 4.78 is 11.7. The summed E-state index contributed by atoms with van der Waals surface area (Å²) in [6, 6.07) is 2.31. The summed E-state index contributed by atoms with van der Waals surface area (Å²) in [4.78, 5) is 37.4. The van der Waals surface area contributed by atoms with E-state index in [1.807, 2.05) is 6.55 Å². The van der Waals surface area contributed by atoms with Crippen LogP contribution in [-0.2, 0) is 25.6 Å². The molecule has 1 aromatic rings. The predicted octanol–water partition coefficient (Wildman–Crippen LogP) is 0.499. The van der Waals surface area contributed by atoms with Gasteiger partial charge in [0.1, 0.15) is 13.9 Å². The fourth-order valence-corrected chi connectivity index (χ4v) is 4.51. The molecule has 0 saturated heterocycles. The van der Waals surface area contributed by atoms with Crippen LogP contribution in [0.5, 0.6) is 0 Å². The number of hydrogen-bond donors (Lipinski definition) is 1. The van der Waals surface area contributed by atoms with Gasteiger partial charge in [0.2, 0.25) is 0 Å². The Kier molecular flexibility index (Phi) is 6.95. The summed E-state index contributed by atoms with van der Waals surface area (Å²) in [7, 11) is -2.10. The molecule has 0 spiro atoms. The second-order valence-electron chi connectivity index (χ2n) is 5.80. The number of aryl methyl sites for hydroxylation is 1. The first-order valence-electron chi connectivity index (χ1n) is 7.31. The molecule has 128 valence electrons. The average Bonchev–Trinajstić information content (AvgIpc) is 2.46. The fraction of sp³-hybridized carbons (Fsp3) is 0.571. The molecule has 1 aromatic heterocycles. The van der Waals surface area contributed by atoms with Crippen molar-refractivity contribution >= 4 is 25.8 Å². The number of hydrogen-bond acceptors (Lipinski definition) is 7. The van der Waals surface area contributed by atoms with E-state index in [0.29, 0.717) is 13.0 Å². The van der Waals surface area contributed by atoms with Gasteiger partial charge in [-0.25, -0.2) is 4.79 Å². The van der Waals surface area contributed by atoms with Crippen LogP contribution in [-0.4, -0.2) is 42.0 Å². The van der Waals surface area contributed by atoms with E-state index in [1.54, 1.807) is 12.3 Å². The van der Waals surface area contributed by atoms with Gasteiger partial charge in [0.15, 0.2) is 0 Å². The summed E-state index contributed by atoms with van der Waals surface area (Å²) in [6.45, 7) is 5.18. The summed E-state index contributed by atoms with van der Waals surface area (Å²) in [5, 5.41) is 0. The van der Waals surface area contributed by atoms with Crippen LogP contribution in [0.1, 0.15) is 20.3 Å². The molecule has 0 atom stereocenters. The Morgan fingerprint density at radius 1 is 1.26 bits per heavy atom. The van der Waals surface area contributed by atoms with Crippen LogP contribution in [0, 0.1) is 0 Å². The van der Waals surface area contributed by atoms with Crippen molar-refractivity contribution in [2.75, 3.05) is 18.2 Å². The molecule has 0 fully saturated rings. The Bertz CT molecular complexity index is 599. The lowest BCUT2D eigenvalue weighted by Gasteiger charge is -2.25. The number of aromatic nitrogens is 2. The van der Waals surface area contributed by atoms with E-state index < -0.39 is 13.8 Å². The third-order valence-electron chi connectivity index (χ3n) is 3.32. The molecule has 2 N–H and O–H groups in total. The molecule has 0 aliphatic carbocycles. The van der Waals surface area contributed by atoms with Crippen LogP contribution in [0.4, 0.5) is 5.82 Å². The Hall–Kier alpha value is -2.16. The molecule has 0 bridgehead atoms. The maximum absolute atomic E-state index is 11.7. The van der Waals surface area contributed by atoms with Crippen molar-refractivity contribution in [2.24, 2.45) is 0 Å². The molecule has 0 aliphatic rings. The van der Waals surface area contributed by atoms with Gasteiger partial charge in [-0.15, -0.1) is 0 Å². The minimum Gasteiger partial charge on any atom is -0.469 e. The minimum atomic E-state index is -2.10. The van der Waals surface area contributed by atoms with Crippen molar-refractivity contribution in [3.63, 3.8) is 0 Å². The molecule has 0 saturated carbocycles. The molecule has 8 nitrogen and oxygen atoms in total. The largest absolute Gasteiger partial charge is 0.469 e. The second kappa shape index (κ2) is 8.46. The Morgan fingerprint density at radius 3 is 2.30 bits per heavy atom. The van der Waals surface area contributed by atoms with E-state index in [9.17, 15) is 14.4 Å².